The summed E-state index contributed by atoms with van der Waals surface area (Å²) in [5, 5.41) is 0.782. The molecule has 0 unspecified atom stereocenters. The summed E-state index contributed by atoms with van der Waals surface area (Å²) in [6.45, 7) is 1.85. The van der Waals surface area contributed by atoms with Gasteiger partial charge in [0.15, 0.2) is 0 Å². The van der Waals surface area contributed by atoms with E-state index in [4.69, 9.17) is 0 Å². The molecule has 0 aliphatic rings. The lowest BCUT2D eigenvalue weighted by Crippen LogP contribution is -2.30. The normalized spacial score (nSPS) is 13.6. The Balaban J connectivity index is 1.98. The molecule has 1 atom stereocenters. The van der Waals surface area contributed by atoms with Crippen molar-refractivity contribution in [2.45, 2.75) is 17.9 Å². The Morgan fingerprint density at radius 3 is 2.48 bits per heavy atom. The first-order valence-corrected chi connectivity index (χ1v) is 10.0. The Kier molecular flexibility index (Phi) is 4.55. The van der Waals surface area contributed by atoms with Crippen molar-refractivity contribution in [3.05, 3.63) is 58.0 Å². The second-order valence-corrected chi connectivity index (χ2v) is 9.03. The van der Waals surface area contributed by atoms with Crippen LogP contribution in [0.5, 0.6) is 0 Å². The predicted octanol–water partition coefficient (Wildman–Crippen LogP) is 4.44. The minimum absolute atomic E-state index is 0.260. The maximum Gasteiger partial charge on any atom is 0.244 e. The van der Waals surface area contributed by atoms with Crippen molar-refractivity contribution in [2.24, 2.45) is 0 Å². The number of nitrogens with zero attached hydrogens (tertiary/aromatic N) is 2. The highest BCUT2D eigenvalue weighted by Gasteiger charge is 2.29. The first-order chi connectivity index (χ1) is 10.9. The fourth-order valence-electron chi connectivity index (χ4n) is 2.24. The monoisotopic (exact) mass is 410 g/mol. The summed E-state index contributed by atoms with van der Waals surface area (Å²) >= 11 is 4.84. The molecule has 0 saturated heterocycles. The molecule has 0 N–H and O–H groups in total. The standard InChI is InChI=1S/C16H15BrN2O2S2/c1-11(16-18-13-8-4-5-9-14(13)22-16)19(2)23(20,21)15-10-6-3-7-12(15)17/h3-11H,1-2H3/t11-/m0/s1. The van der Waals surface area contributed by atoms with E-state index in [-0.39, 0.29) is 10.9 Å². The van der Waals surface area contributed by atoms with Gasteiger partial charge in [-0.15, -0.1) is 11.3 Å². The van der Waals surface area contributed by atoms with Crippen LogP contribution in [0.2, 0.25) is 0 Å². The van der Waals surface area contributed by atoms with Crippen LogP contribution < -0.4 is 0 Å². The number of halogens is 1. The van der Waals surface area contributed by atoms with Crippen molar-refractivity contribution < 1.29 is 8.42 Å². The molecule has 0 fully saturated rings. The molecule has 0 aliphatic heterocycles. The first-order valence-electron chi connectivity index (χ1n) is 6.99. The SMILES string of the molecule is C[C@@H](c1nc2ccccc2s1)N(C)S(=O)(=O)c1ccccc1Br. The number of hydrogen-bond donors (Lipinski definition) is 0. The van der Waals surface area contributed by atoms with Gasteiger partial charge in [-0.2, -0.15) is 4.31 Å². The second kappa shape index (κ2) is 6.32. The van der Waals surface area contributed by atoms with E-state index in [1.807, 2.05) is 31.2 Å². The molecule has 0 aliphatic carbocycles. The van der Waals surface area contributed by atoms with E-state index >= 15 is 0 Å². The van der Waals surface area contributed by atoms with Crippen LogP contribution >= 0.6 is 27.3 Å². The van der Waals surface area contributed by atoms with Gasteiger partial charge in [0.2, 0.25) is 10.0 Å². The molecule has 0 saturated carbocycles. The summed E-state index contributed by atoms with van der Waals surface area (Å²) < 4.78 is 28.7. The molecule has 0 amide bonds. The smallest absolute Gasteiger partial charge is 0.239 e. The highest BCUT2D eigenvalue weighted by molar-refractivity contribution is 9.10. The van der Waals surface area contributed by atoms with Gasteiger partial charge in [-0.05, 0) is 47.1 Å². The lowest BCUT2D eigenvalue weighted by Gasteiger charge is -2.23. The largest absolute Gasteiger partial charge is 0.244 e. The van der Waals surface area contributed by atoms with Gasteiger partial charge in [-0.3, -0.25) is 0 Å². The second-order valence-electron chi connectivity index (χ2n) is 5.15. The molecule has 4 nitrogen and oxygen atoms in total. The third kappa shape index (κ3) is 3.06. The third-order valence-corrected chi connectivity index (χ3v) is 7.85. The maximum absolute atomic E-state index is 12.9. The summed E-state index contributed by atoms with van der Waals surface area (Å²) in [5.74, 6) is 0. The summed E-state index contributed by atoms with van der Waals surface area (Å²) in [6.07, 6.45) is 0. The average Bonchev–Trinajstić information content (AvgIpc) is 2.97. The molecule has 0 bridgehead atoms. The first kappa shape index (κ1) is 16.6. The van der Waals surface area contributed by atoms with E-state index in [0.717, 1.165) is 15.2 Å². The number of sulfonamides is 1. The quantitative estimate of drug-likeness (QED) is 0.638. The maximum atomic E-state index is 12.9. The van der Waals surface area contributed by atoms with E-state index in [1.165, 1.54) is 15.6 Å². The fourth-order valence-corrected chi connectivity index (χ4v) is 5.66. The van der Waals surface area contributed by atoms with Crippen molar-refractivity contribution in [1.82, 2.24) is 9.29 Å². The van der Waals surface area contributed by atoms with Gasteiger partial charge < -0.3 is 0 Å². The molecular weight excluding hydrogens is 396 g/mol. The van der Waals surface area contributed by atoms with Crippen LogP contribution in [0.3, 0.4) is 0 Å². The fraction of sp³-hybridized carbons (Fsp3) is 0.188. The van der Waals surface area contributed by atoms with Crippen LogP contribution in [-0.4, -0.2) is 24.8 Å². The topological polar surface area (TPSA) is 50.3 Å². The molecular formula is C16H15BrN2O2S2. The van der Waals surface area contributed by atoms with Gasteiger partial charge in [0.05, 0.1) is 21.2 Å². The molecule has 0 radical (unpaired) electrons. The molecule has 1 aromatic heterocycles. The number of benzene rings is 2. The summed E-state index contributed by atoms with van der Waals surface area (Å²) in [7, 11) is -2.01. The number of para-hydroxylation sites is 1. The summed E-state index contributed by atoms with van der Waals surface area (Å²) in [6, 6.07) is 14.3. The Bertz CT molecular complexity index is 920. The number of fused-ring (bicyclic) bond motifs is 1. The Labute approximate surface area is 148 Å². The van der Waals surface area contributed by atoms with Gasteiger partial charge >= 0.3 is 0 Å². The minimum atomic E-state index is -3.60. The average molecular weight is 411 g/mol. The lowest BCUT2D eigenvalue weighted by molar-refractivity contribution is 0.397. The van der Waals surface area contributed by atoms with Crippen LogP contribution in [-0.2, 0) is 10.0 Å². The zero-order valence-electron chi connectivity index (χ0n) is 12.6. The van der Waals surface area contributed by atoms with Crippen molar-refractivity contribution in [3.63, 3.8) is 0 Å². The Morgan fingerprint density at radius 2 is 1.78 bits per heavy atom. The zero-order valence-corrected chi connectivity index (χ0v) is 15.8. The molecule has 7 heteroatoms. The van der Waals surface area contributed by atoms with Gasteiger partial charge in [0.25, 0.3) is 0 Å². The van der Waals surface area contributed by atoms with E-state index in [0.29, 0.717) is 4.47 Å². The predicted molar refractivity (Wildman–Crippen MR) is 97.1 cm³/mol. The van der Waals surface area contributed by atoms with Crippen molar-refractivity contribution in [1.29, 1.82) is 0 Å². The van der Waals surface area contributed by atoms with Gasteiger partial charge in [0, 0.05) is 11.5 Å². The van der Waals surface area contributed by atoms with Crippen LogP contribution in [0, 0.1) is 0 Å². The summed E-state index contributed by atoms with van der Waals surface area (Å²) in [5.41, 5.74) is 0.894. The third-order valence-electron chi connectivity index (χ3n) is 3.71. The zero-order chi connectivity index (χ0) is 16.6. The number of aromatic nitrogens is 1. The van der Waals surface area contributed by atoms with E-state index in [9.17, 15) is 8.42 Å². The summed E-state index contributed by atoms with van der Waals surface area (Å²) in [4.78, 5) is 4.82. The van der Waals surface area contributed by atoms with Crippen LogP contribution in [0.4, 0.5) is 0 Å². The Morgan fingerprint density at radius 1 is 1.13 bits per heavy atom. The number of hydrogen-bond acceptors (Lipinski definition) is 4. The lowest BCUT2D eigenvalue weighted by atomic mass is 10.3. The van der Waals surface area contributed by atoms with Crippen molar-refractivity contribution in [3.8, 4) is 0 Å². The molecule has 1 heterocycles. The molecule has 3 rings (SSSR count). The van der Waals surface area contributed by atoms with Crippen LogP contribution in [0.25, 0.3) is 10.2 Å². The molecule has 2 aromatic carbocycles. The van der Waals surface area contributed by atoms with E-state index in [2.05, 4.69) is 20.9 Å². The van der Waals surface area contributed by atoms with Crippen molar-refractivity contribution >= 4 is 47.5 Å². The molecule has 120 valence electrons. The molecule has 23 heavy (non-hydrogen) atoms. The van der Waals surface area contributed by atoms with Gasteiger partial charge in [-0.25, -0.2) is 13.4 Å². The van der Waals surface area contributed by atoms with Crippen LogP contribution in [0.15, 0.2) is 57.9 Å². The number of rotatable bonds is 4. The highest BCUT2D eigenvalue weighted by atomic mass is 79.9. The highest BCUT2D eigenvalue weighted by Crippen LogP contribution is 2.33. The van der Waals surface area contributed by atoms with Crippen LogP contribution in [0.1, 0.15) is 18.0 Å². The van der Waals surface area contributed by atoms with E-state index < -0.39 is 10.0 Å². The minimum Gasteiger partial charge on any atom is -0.239 e. The number of thiazole rings is 1. The molecule has 0 spiro atoms. The van der Waals surface area contributed by atoms with Crippen molar-refractivity contribution in [2.75, 3.05) is 7.05 Å². The Hall–Kier alpha value is -1.28. The van der Waals surface area contributed by atoms with Gasteiger partial charge in [-0.1, -0.05) is 24.3 Å². The van der Waals surface area contributed by atoms with Gasteiger partial charge in [0.1, 0.15) is 5.01 Å². The molecule has 3 aromatic rings. The van der Waals surface area contributed by atoms with E-state index in [1.54, 1.807) is 31.3 Å².